The van der Waals surface area contributed by atoms with Crippen molar-refractivity contribution in [1.29, 1.82) is 0 Å². The third-order valence-electron chi connectivity index (χ3n) is 5.05. The maximum absolute atomic E-state index is 13.1. The third kappa shape index (κ3) is 5.38. The minimum absolute atomic E-state index is 0.207. The van der Waals surface area contributed by atoms with E-state index in [9.17, 15) is 13.2 Å². The van der Waals surface area contributed by atoms with Gasteiger partial charge in [-0.2, -0.15) is 4.31 Å². The molecule has 1 N–H and O–H groups in total. The first-order chi connectivity index (χ1) is 13.9. The van der Waals surface area contributed by atoms with E-state index in [4.69, 9.17) is 4.74 Å². The van der Waals surface area contributed by atoms with Crippen LogP contribution < -0.4 is 10.1 Å². The van der Waals surface area contributed by atoms with E-state index in [1.54, 1.807) is 31.4 Å². The van der Waals surface area contributed by atoms with Gasteiger partial charge in [-0.3, -0.25) is 4.79 Å². The smallest absolute Gasteiger partial charge is 0.243 e. The standard InChI is InChI=1S/C21H25BrN2O4S/c1-28-18-9-5-16(6-10-18)13-14-23-21(25)20-4-2-3-15-24(20)29(26,27)19-11-7-17(22)8-12-19/h5-12,20H,2-4,13-15H2,1H3,(H,23,25)/t20-/m1/s1. The highest BCUT2D eigenvalue weighted by Gasteiger charge is 2.37. The largest absolute Gasteiger partial charge is 0.497 e. The lowest BCUT2D eigenvalue weighted by Crippen LogP contribution is -2.52. The average Bonchev–Trinajstić information content (AvgIpc) is 2.74. The summed E-state index contributed by atoms with van der Waals surface area (Å²) in [7, 11) is -2.10. The van der Waals surface area contributed by atoms with Gasteiger partial charge in [0, 0.05) is 17.6 Å². The van der Waals surface area contributed by atoms with Crippen molar-refractivity contribution in [2.45, 2.75) is 36.6 Å². The highest BCUT2D eigenvalue weighted by Crippen LogP contribution is 2.26. The van der Waals surface area contributed by atoms with Crippen molar-refractivity contribution in [2.24, 2.45) is 0 Å². The van der Waals surface area contributed by atoms with Crippen molar-refractivity contribution in [1.82, 2.24) is 9.62 Å². The van der Waals surface area contributed by atoms with Crippen LogP contribution in [0.25, 0.3) is 0 Å². The second-order valence-electron chi connectivity index (χ2n) is 6.97. The van der Waals surface area contributed by atoms with E-state index >= 15 is 0 Å². The van der Waals surface area contributed by atoms with Crippen LogP contribution in [-0.4, -0.2) is 44.9 Å². The number of nitrogens with one attached hydrogen (secondary N) is 1. The summed E-state index contributed by atoms with van der Waals surface area (Å²) in [5.74, 6) is 0.549. The number of rotatable bonds is 7. The molecular weight excluding hydrogens is 456 g/mol. The van der Waals surface area contributed by atoms with Crippen molar-refractivity contribution >= 4 is 31.9 Å². The number of amides is 1. The van der Waals surface area contributed by atoms with Crippen molar-refractivity contribution in [2.75, 3.05) is 20.2 Å². The van der Waals surface area contributed by atoms with Gasteiger partial charge in [0.05, 0.1) is 12.0 Å². The summed E-state index contributed by atoms with van der Waals surface area (Å²) in [6.45, 7) is 0.808. The topological polar surface area (TPSA) is 75.7 Å². The fraction of sp³-hybridized carbons (Fsp3) is 0.381. The molecule has 2 aromatic rings. The molecular formula is C21H25BrN2O4S. The Kier molecular flexibility index (Phi) is 7.32. The van der Waals surface area contributed by atoms with Crippen molar-refractivity contribution in [3.8, 4) is 5.75 Å². The molecule has 156 valence electrons. The molecule has 0 spiro atoms. The van der Waals surface area contributed by atoms with Crippen LogP contribution in [0.5, 0.6) is 5.75 Å². The fourth-order valence-corrected chi connectivity index (χ4v) is 5.36. The van der Waals surface area contributed by atoms with Gasteiger partial charge >= 0.3 is 0 Å². The zero-order valence-corrected chi connectivity index (χ0v) is 18.7. The molecule has 1 amide bonds. The molecule has 1 saturated heterocycles. The Bertz CT molecular complexity index is 930. The van der Waals surface area contributed by atoms with Crippen LogP contribution in [0.1, 0.15) is 24.8 Å². The van der Waals surface area contributed by atoms with Crippen LogP contribution in [0.2, 0.25) is 0 Å². The second kappa shape index (κ2) is 9.73. The van der Waals surface area contributed by atoms with Gasteiger partial charge in [0.15, 0.2) is 0 Å². The molecule has 0 aromatic heterocycles. The number of ether oxygens (including phenoxy) is 1. The number of sulfonamides is 1. The summed E-state index contributed by atoms with van der Waals surface area (Å²) in [5, 5.41) is 2.91. The minimum atomic E-state index is -3.72. The highest BCUT2D eigenvalue weighted by molar-refractivity contribution is 9.10. The van der Waals surface area contributed by atoms with Gasteiger partial charge in [0.2, 0.25) is 15.9 Å². The molecule has 1 aliphatic heterocycles. The molecule has 2 aromatic carbocycles. The van der Waals surface area contributed by atoms with Crippen LogP contribution >= 0.6 is 15.9 Å². The predicted molar refractivity (Wildman–Crippen MR) is 115 cm³/mol. The predicted octanol–water partition coefficient (Wildman–Crippen LogP) is 3.36. The molecule has 0 saturated carbocycles. The zero-order valence-electron chi connectivity index (χ0n) is 16.3. The first-order valence-corrected chi connectivity index (χ1v) is 11.8. The number of hydrogen-bond donors (Lipinski definition) is 1. The summed E-state index contributed by atoms with van der Waals surface area (Å²) >= 11 is 3.32. The lowest BCUT2D eigenvalue weighted by atomic mass is 10.0. The molecule has 8 heteroatoms. The van der Waals surface area contributed by atoms with E-state index in [1.165, 1.54) is 4.31 Å². The van der Waals surface area contributed by atoms with Gasteiger partial charge in [0.1, 0.15) is 11.8 Å². The summed E-state index contributed by atoms with van der Waals surface area (Å²) in [6, 6.07) is 13.5. The van der Waals surface area contributed by atoms with Crippen molar-refractivity contribution < 1.29 is 17.9 Å². The van der Waals surface area contributed by atoms with Crippen LogP contribution in [0.4, 0.5) is 0 Å². The summed E-state index contributed by atoms with van der Waals surface area (Å²) in [4.78, 5) is 13.0. The molecule has 1 aliphatic rings. The normalized spacial score (nSPS) is 17.7. The Morgan fingerprint density at radius 2 is 1.83 bits per heavy atom. The number of hydrogen-bond acceptors (Lipinski definition) is 4. The maximum Gasteiger partial charge on any atom is 0.243 e. The van der Waals surface area contributed by atoms with E-state index in [2.05, 4.69) is 21.2 Å². The molecule has 1 atom stereocenters. The van der Waals surface area contributed by atoms with Crippen LogP contribution in [0.3, 0.4) is 0 Å². The molecule has 29 heavy (non-hydrogen) atoms. The Balaban J connectivity index is 1.65. The highest BCUT2D eigenvalue weighted by atomic mass is 79.9. The van der Waals surface area contributed by atoms with Crippen LogP contribution in [0.15, 0.2) is 57.9 Å². The first kappa shape index (κ1) is 21.8. The average molecular weight is 481 g/mol. The molecule has 1 fully saturated rings. The Labute approximate surface area is 180 Å². The monoisotopic (exact) mass is 480 g/mol. The van der Waals surface area contributed by atoms with E-state index in [0.717, 1.165) is 28.6 Å². The van der Waals surface area contributed by atoms with Gasteiger partial charge in [0.25, 0.3) is 0 Å². The van der Waals surface area contributed by atoms with E-state index < -0.39 is 16.1 Å². The number of carbonyl (C=O) groups excluding carboxylic acids is 1. The van der Waals surface area contributed by atoms with Crippen molar-refractivity contribution in [3.05, 3.63) is 58.6 Å². The maximum atomic E-state index is 13.1. The number of benzene rings is 2. The van der Waals surface area contributed by atoms with Crippen LogP contribution in [0, 0.1) is 0 Å². The number of methoxy groups -OCH3 is 1. The minimum Gasteiger partial charge on any atom is -0.497 e. The van der Waals surface area contributed by atoms with Crippen molar-refractivity contribution in [3.63, 3.8) is 0 Å². The van der Waals surface area contributed by atoms with Gasteiger partial charge in [-0.05, 0) is 61.2 Å². The summed E-state index contributed by atoms with van der Waals surface area (Å²) in [5.41, 5.74) is 1.08. The Morgan fingerprint density at radius 1 is 1.14 bits per heavy atom. The van der Waals surface area contributed by atoms with E-state index in [1.807, 2.05) is 24.3 Å². The number of nitrogens with zero attached hydrogens (tertiary/aromatic N) is 1. The number of halogens is 1. The Morgan fingerprint density at radius 3 is 2.48 bits per heavy atom. The van der Waals surface area contributed by atoms with E-state index in [0.29, 0.717) is 25.9 Å². The Hall–Kier alpha value is -1.90. The lowest BCUT2D eigenvalue weighted by molar-refractivity contribution is -0.125. The molecule has 0 aliphatic carbocycles. The third-order valence-corrected chi connectivity index (χ3v) is 7.50. The SMILES string of the molecule is COc1ccc(CCNC(=O)[C@H]2CCCCN2S(=O)(=O)c2ccc(Br)cc2)cc1. The van der Waals surface area contributed by atoms with E-state index in [-0.39, 0.29) is 10.8 Å². The van der Waals surface area contributed by atoms with Gasteiger partial charge in [-0.15, -0.1) is 0 Å². The summed E-state index contributed by atoms with van der Waals surface area (Å²) < 4.78 is 33.5. The second-order valence-corrected chi connectivity index (χ2v) is 9.78. The number of carbonyl (C=O) groups is 1. The lowest BCUT2D eigenvalue weighted by Gasteiger charge is -2.33. The van der Waals surface area contributed by atoms with Gasteiger partial charge < -0.3 is 10.1 Å². The van der Waals surface area contributed by atoms with Gasteiger partial charge in [-0.1, -0.05) is 34.5 Å². The molecule has 1 heterocycles. The fourth-order valence-electron chi connectivity index (χ4n) is 3.44. The molecule has 0 bridgehead atoms. The molecule has 0 unspecified atom stereocenters. The molecule has 6 nitrogen and oxygen atoms in total. The first-order valence-electron chi connectivity index (χ1n) is 9.60. The molecule has 0 radical (unpaired) electrons. The number of piperidine rings is 1. The van der Waals surface area contributed by atoms with Gasteiger partial charge in [-0.25, -0.2) is 8.42 Å². The quantitative estimate of drug-likeness (QED) is 0.658. The zero-order chi connectivity index (χ0) is 20.9. The van der Waals surface area contributed by atoms with Crippen LogP contribution in [-0.2, 0) is 21.2 Å². The summed E-state index contributed by atoms with van der Waals surface area (Å²) in [6.07, 6.45) is 2.79. The molecule has 3 rings (SSSR count).